The molecule has 0 aliphatic heterocycles. The quantitative estimate of drug-likeness (QED) is 0.405. The normalized spacial score (nSPS) is 10.7. The molecule has 0 spiro atoms. The van der Waals surface area contributed by atoms with Gasteiger partial charge in [0, 0.05) is 11.0 Å². The molecule has 0 amide bonds. The minimum atomic E-state index is -1.93. The summed E-state index contributed by atoms with van der Waals surface area (Å²) in [6.45, 7) is 0. The average Bonchev–Trinajstić information content (AvgIpc) is 2.75. The van der Waals surface area contributed by atoms with Gasteiger partial charge in [0.05, 0.1) is 5.56 Å². The molecule has 4 aromatic carbocycles. The molecule has 0 aliphatic carbocycles. The highest BCUT2D eigenvalue weighted by atomic mass is 16.4. The van der Waals surface area contributed by atoms with Crippen molar-refractivity contribution in [1.29, 1.82) is 0 Å². The van der Waals surface area contributed by atoms with Gasteiger partial charge in [0.2, 0.25) is 0 Å². The lowest BCUT2D eigenvalue weighted by molar-refractivity contribution is 0.419. The van der Waals surface area contributed by atoms with Gasteiger partial charge in [0.25, 0.3) is 0 Å². The van der Waals surface area contributed by atoms with Crippen molar-refractivity contribution in [2.75, 3.05) is 0 Å². The van der Waals surface area contributed by atoms with Gasteiger partial charge < -0.3 is 20.3 Å². The Morgan fingerprint density at radius 1 is 0.448 bits per heavy atom. The summed E-state index contributed by atoms with van der Waals surface area (Å²) in [5, 5.41) is 42.7. The molecule has 0 fully saturated rings. The second kappa shape index (κ2) is 7.83. The van der Waals surface area contributed by atoms with Crippen LogP contribution in [0, 0.1) is 0 Å². The molecule has 0 atom stereocenters. The molecular weight excluding hydrogens is 363 g/mol. The maximum Gasteiger partial charge on any atom is 0.492 e. The first-order valence-electron chi connectivity index (χ1n) is 9.23. The topological polar surface area (TPSA) is 80.9 Å². The van der Waals surface area contributed by atoms with Crippen molar-refractivity contribution in [1.82, 2.24) is 0 Å². The van der Waals surface area contributed by atoms with Gasteiger partial charge in [0.1, 0.15) is 11.5 Å². The van der Waals surface area contributed by atoms with E-state index in [0.717, 1.165) is 0 Å². The molecule has 0 saturated heterocycles. The van der Waals surface area contributed by atoms with Gasteiger partial charge in [-0.15, -0.1) is 0 Å². The largest absolute Gasteiger partial charge is 0.507 e. The number of aromatic hydroxyl groups is 2. The summed E-state index contributed by atoms with van der Waals surface area (Å²) in [5.74, 6) is -0.481. The first-order chi connectivity index (χ1) is 14.1. The fourth-order valence-corrected chi connectivity index (χ4v) is 3.66. The second-order valence-electron chi connectivity index (χ2n) is 6.71. The molecule has 0 aromatic heterocycles. The van der Waals surface area contributed by atoms with Crippen LogP contribution in [0.15, 0.2) is 91.0 Å². The summed E-state index contributed by atoms with van der Waals surface area (Å²) < 4.78 is 0. The van der Waals surface area contributed by atoms with Crippen molar-refractivity contribution in [2.45, 2.75) is 0 Å². The van der Waals surface area contributed by atoms with Crippen LogP contribution in [0.5, 0.6) is 11.5 Å². The molecule has 4 N–H and O–H groups in total. The molecule has 4 nitrogen and oxygen atoms in total. The summed E-state index contributed by atoms with van der Waals surface area (Å²) in [6, 6.07) is 27.2. The monoisotopic (exact) mass is 382 g/mol. The Balaban J connectivity index is 2.18. The summed E-state index contributed by atoms with van der Waals surface area (Å²) in [4.78, 5) is 0. The van der Waals surface area contributed by atoms with Gasteiger partial charge in [-0.05, 0) is 22.3 Å². The zero-order valence-electron chi connectivity index (χ0n) is 15.5. The number of benzene rings is 4. The van der Waals surface area contributed by atoms with Crippen LogP contribution in [-0.2, 0) is 0 Å². The van der Waals surface area contributed by atoms with Crippen LogP contribution in [0.2, 0.25) is 0 Å². The molecule has 0 saturated carbocycles. The molecular formula is C24H19BO4. The highest BCUT2D eigenvalue weighted by Gasteiger charge is 2.31. The van der Waals surface area contributed by atoms with E-state index in [-0.39, 0.29) is 22.5 Å². The van der Waals surface area contributed by atoms with E-state index >= 15 is 0 Å². The van der Waals surface area contributed by atoms with Gasteiger partial charge in [0.15, 0.2) is 0 Å². The third kappa shape index (κ3) is 3.38. The zero-order valence-corrected chi connectivity index (χ0v) is 15.5. The summed E-state index contributed by atoms with van der Waals surface area (Å²) in [5.41, 5.74) is 2.83. The molecule has 142 valence electrons. The van der Waals surface area contributed by atoms with Gasteiger partial charge in [-0.1, -0.05) is 91.0 Å². The predicted octanol–water partition coefficient (Wildman–Crippen LogP) is 3.78. The summed E-state index contributed by atoms with van der Waals surface area (Å²) in [7, 11) is -1.93. The summed E-state index contributed by atoms with van der Waals surface area (Å²) in [6.07, 6.45) is 0. The van der Waals surface area contributed by atoms with Crippen LogP contribution in [0.4, 0.5) is 0 Å². The molecule has 0 unspecified atom stereocenters. The lowest BCUT2D eigenvalue weighted by atomic mass is 9.70. The Labute approximate surface area is 169 Å². The Morgan fingerprint density at radius 3 is 1.24 bits per heavy atom. The Morgan fingerprint density at radius 2 is 0.828 bits per heavy atom. The third-order valence-electron chi connectivity index (χ3n) is 4.93. The molecule has 4 aromatic rings. The fourth-order valence-electron chi connectivity index (χ4n) is 3.66. The lowest BCUT2D eigenvalue weighted by Crippen LogP contribution is -2.33. The van der Waals surface area contributed by atoms with Crippen LogP contribution < -0.4 is 5.46 Å². The van der Waals surface area contributed by atoms with E-state index in [2.05, 4.69) is 0 Å². The first-order valence-corrected chi connectivity index (χ1v) is 9.23. The minimum Gasteiger partial charge on any atom is -0.507 e. The van der Waals surface area contributed by atoms with Crippen LogP contribution in [0.3, 0.4) is 0 Å². The van der Waals surface area contributed by atoms with Crippen molar-refractivity contribution in [3.8, 4) is 44.9 Å². The molecule has 29 heavy (non-hydrogen) atoms. The van der Waals surface area contributed by atoms with Crippen molar-refractivity contribution in [2.24, 2.45) is 0 Å². The van der Waals surface area contributed by atoms with E-state index in [0.29, 0.717) is 27.8 Å². The van der Waals surface area contributed by atoms with Crippen LogP contribution in [-0.4, -0.2) is 27.4 Å². The Hall–Kier alpha value is -3.54. The number of phenolic OH excluding ortho intramolecular Hbond substituents is 2. The highest BCUT2D eigenvalue weighted by Crippen LogP contribution is 2.47. The number of hydrogen-bond acceptors (Lipinski definition) is 4. The van der Waals surface area contributed by atoms with Crippen LogP contribution >= 0.6 is 0 Å². The van der Waals surface area contributed by atoms with Gasteiger partial charge in [-0.3, -0.25) is 0 Å². The SMILES string of the molecule is OB(O)c1c(O)c(-c2ccccc2)c(O)c(-c2ccccc2)c1-c1ccccc1. The summed E-state index contributed by atoms with van der Waals surface area (Å²) >= 11 is 0. The van der Waals surface area contributed by atoms with Crippen molar-refractivity contribution >= 4 is 12.6 Å². The fraction of sp³-hybridized carbons (Fsp3) is 0. The average molecular weight is 382 g/mol. The van der Waals surface area contributed by atoms with E-state index in [1.165, 1.54) is 0 Å². The van der Waals surface area contributed by atoms with Crippen LogP contribution in [0.1, 0.15) is 0 Å². The molecule has 0 heterocycles. The first kappa shape index (κ1) is 18.8. The van der Waals surface area contributed by atoms with E-state index in [4.69, 9.17) is 0 Å². The van der Waals surface area contributed by atoms with Crippen molar-refractivity contribution < 1.29 is 20.3 Å². The molecule has 0 aliphatic rings. The van der Waals surface area contributed by atoms with Crippen molar-refractivity contribution in [3.63, 3.8) is 0 Å². The second-order valence-corrected chi connectivity index (χ2v) is 6.71. The standard InChI is InChI=1S/C24H19BO4/c26-23-20(17-12-6-2-7-13-17)19(16-10-4-1-5-11-16)22(25(28)29)24(27)21(23)18-14-8-3-9-15-18/h1-15,26-29H. The van der Waals surface area contributed by atoms with Gasteiger partial charge >= 0.3 is 7.12 Å². The molecule has 0 bridgehead atoms. The maximum absolute atomic E-state index is 11.3. The predicted molar refractivity (Wildman–Crippen MR) is 116 cm³/mol. The van der Waals surface area contributed by atoms with Crippen LogP contribution in [0.25, 0.3) is 33.4 Å². The van der Waals surface area contributed by atoms with Gasteiger partial charge in [-0.25, -0.2) is 0 Å². The molecule has 5 heteroatoms. The van der Waals surface area contributed by atoms with Gasteiger partial charge in [-0.2, -0.15) is 0 Å². The maximum atomic E-state index is 11.3. The van der Waals surface area contributed by atoms with E-state index in [9.17, 15) is 20.3 Å². The third-order valence-corrected chi connectivity index (χ3v) is 4.93. The van der Waals surface area contributed by atoms with E-state index in [1.54, 1.807) is 36.4 Å². The van der Waals surface area contributed by atoms with E-state index < -0.39 is 7.12 Å². The highest BCUT2D eigenvalue weighted by molar-refractivity contribution is 6.62. The molecule has 0 radical (unpaired) electrons. The smallest absolute Gasteiger partial charge is 0.492 e. The number of hydrogen-bond donors (Lipinski definition) is 4. The van der Waals surface area contributed by atoms with Crippen molar-refractivity contribution in [3.05, 3.63) is 91.0 Å². The minimum absolute atomic E-state index is 0.0493. The lowest BCUT2D eigenvalue weighted by Gasteiger charge is -2.22. The Bertz CT molecular complexity index is 1130. The van der Waals surface area contributed by atoms with E-state index in [1.807, 2.05) is 54.6 Å². The zero-order chi connectivity index (χ0) is 20.4. The number of rotatable bonds is 4. The number of phenols is 2. The Kier molecular flexibility index (Phi) is 5.08. The molecule has 4 rings (SSSR count).